The van der Waals surface area contributed by atoms with Gasteiger partial charge in [-0.05, 0) is 54.8 Å². The van der Waals surface area contributed by atoms with Crippen LogP contribution in [0.15, 0.2) is 73.1 Å². The second-order valence-electron chi connectivity index (χ2n) is 7.43. The highest BCUT2D eigenvalue weighted by Crippen LogP contribution is 2.29. The van der Waals surface area contributed by atoms with Crippen LogP contribution >= 0.6 is 0 Å². The van der Waals surface area contributed by atoms with Crippen molar-refractivity contribution in [1.82, 2.24) is 10.3 Å². The minimum atomic E-state index is -3.24. The Balaban J connectivity index is 1.52. The maximum absolute atomic E-state index is 12.5. The maximum Gasteiger partial charge on any atom is 0.251 e. The van der Waals surface area contributed by atoms with E-state index in [4.69, 9.17) is 9.47 Å². The Labute approximate surface area is 194 Å². The van der Waals surface area contributed by atoms with Crippen LogP contribution in [-0.4, -0.2) is 38.2 Å². The molecule has 1 N–H and O–H groups in total. The van der Waals surface area contributed by atoms with E-state index in [0.29, 0.717) is 36.7 Å². The molecule has 0 bridgehead atoms. The van der Waals surface area contributed by atoms with Crippen LogP contribution in [0.3, 0.4) is 0 Å². The molecule has 174 valence electrons. The number of ether oxygens (including phenoxy) is 2. The molecule has 0 aliphatic rings. The van der Waals surface area contributed by atoms with E-state index in [1.54, 1.807) is 42.7 Å². The van der Waals surface area contributed by atoms with Gasteiger partial charge in [0.15, 0.2) is 21.3 Å². The van der Waals surface area contributed by atoms with E-state index in [1.807, 2.05) is 37.3 Å². The number of sulfone groups is 1. The van der Waals surface area contributed by atoms with E-state index in [1.165, 1.54) is 0 Å². The summed E-state index contributed by atoms with van der Waals surface area (Å²) >= 11 is 0. The van der Waals surface area contributed by atoms with Gasteiger partial charge in [-0.2, -0.15) is 0 Å². The molecule has 3 rings (SSSR count). The van der Waals surface area contributed by atoms with E-state index >= 15 is 0 Å². The molecule has 0 saturated carbocycles. The van der Waals surface area contributed by atoms with Crippen molar-refractivity contribution in [2.24, 2.45) is 0 Å². The summed E-state index contributed by atoms with van der Waals surface area (Å²) in [6.07, 6.45) is 3.73. The molecule has 0 aliphatic carbocycles. The highest BCUT2D eigenvalue weighted by atomic mass is 32.2. The molecule has 8 heteroatoms. The van der Waals surface area contributed by atoms with Gasteiger partial charge in [0.1, 0.15) is 6.61 Å². The minimum absolute atomic E-state index is 0.000455. The minimum Gasteiger partial charge on any atom is -0.490 e. The molecule has 33 heavy (non-hydrogen) atoms. The monoisotopic (exact) mass is 468 g/mol. The molecule has 1 amide bonds. The highest BCUT2D eigenvalue weighted by molar-refractivity contribution is 7.90. The number of pyridine rings is 1. The van der Waals surface area contributed by atoms with Gasteiger partial charge >= 0.3 is 0 Å². The van der Waals surface area contributed by atoms with Crippen LogP contribution in [-0.2, 0) is 22.2 Å². The highest BCUT2D eigenvalue weighted by Gasteiger charge is 2.14. The molecule has 3 aromatic rings. The molecule has 1 aromatic heterocycles. The first-order valence-corrected chi connectivity index (χ1v) is 12.6. The molecule has 0 atom stereocenters. The first-order chi connectivity index (χ1) is 16.0. The predicted octanol–water partition coefficient (Wildman–Crippen LogP) is 3.79. The number of aromatic nitrogens is 1. The predicted molar refractivity (Wildman–Crippen MR) is 127 cm³/mol. The summed E-state index contributed by atoms with van der Waals surface area (Å²) in [5, 5.41) is 2.78. The standard InChI is InChI=1S/C25H28N2O5S/c1-2-31-24-17-22(9-10-23(24)32-18-20-11-14-26-15-12-20)25(28)27-13-6-16-33(29,30)19-21-7-4-3-5-8-21/h3-5,7-12,14-15,17H,2,6,13,16,18-19H2,1H3,(H,27,28). The SMILES string of the molecule is CCOc1cc(C(=O)NCCCS(=O)(=O)Cc2ccccc2)ccc1OCc1ccncc1. The Morgan fingerprint density at radius 2 is 1.70 bits per heavy atom. The quantitative estimate of drug-likeness (QED) is 0.407. The molecule has 1 heterocycles. The number of nitrogens with one attached hydrogen (secondary N) is 1. The Hall–Kier alpha value is -3.39. The number of nitrogens with zero attached hydrogens (tertiary/aromatic N) is 1. The third kappa shape index (κ3) is 7.91. The first-order valence-electron chi connectivity index (χ1n) is 10.8. The van der Waals surface area contributed by atoms with Gasteiger partial charge in [0, 0.05) is 24.5 Å². The van der Waals surface area contributed by atoms with Crippen molar-refractivity contribution in [2.75, 3.05) is 18.9 Å². The van der Waals surface area contributed by atoms with Gasteiger partial charge in [-0.1, -0.05) is 30.3 Å². The topological polar surface area (TPSA) is 94.6 Å². The average Bonchev–Trinajstić information content (AvgIpc) is 2.82. The largest absolute Gasteiger partial charge is 0.490 e. The molecule has 0 radical (unpaired) electrons. The molecule has 0 spiro atoms. The Bertz CT molecular complexity index is 1140. The number of amides is 1. The second kappa shape index (κ2) is 12.0. The lowest BCUT2D eigenvalue weighted by Gasteiger charge is -2.13. The van der Waals surface area contributed by atoms with Gasteiger partial charge < -0.3 is 14.8 Å². The van der Waals surface area contributed by atoms with Gasteiger partial charge in [-0.25, -0.2) is 8.42 Å². The fraction of sp³-hybridized carbons (Fsp3) is 0.280. The van der Waals surface area contributed by atoms with E-state index in [-0.39, 0.29) is 24.0 Å². The van der Waals surface area contributed by atoms with Crippen molar-refractivity contribution < 1.29 is 22.7 Å². The number of carbonyl (C=O) groups is 1. The zero-order chi connectivity index (χ0) is 23.5. The van der Waals surface area contributed by atoms with Gasteiger partial charge in [-0.15, -0.1) is 0 Å². The van der Waals surface area contributed by atoms with Crippen LogP contribution in [0.1, 0.15) is 34.8 Å². The lowest BCUT2D eigenvalue weighted by molar-refractivity contribution is 0.0953. The number of carbonyl (C=O) groups excluding carboxylic acids is 1. The number of hydrogen-bond donors (Lipinski definition) is 1. The van der Waals surface area contributed by atoms with Gasteiger partial charge in [0.25, 0.3) is 5.91 Å². The summed E-state index contributed by atoms with van der Waals surface area (Å²) in [5.41, 5.74) is 2.15. The van der Waals surface area contributed by atoms with Crippen molar-refractivity contribution in [3.05, 3.63) is 89.7 Å². The fourth-order valence-electron chi connectivity index (χ4n) is 3.17. The molecular weight excluding hydrogens is 440 g/mol. The number of benzene rings is 2. The second-order valence-corrected chi connectivity index (χ2v) is 9.61. The van der Waals surface area contributed by atoms with Crippen molar-refractivity contribution >= 4 is 15.7 Å². The molecule has 0 saturated heterocycles. The Kier molecular flexibility index (Phi) is 8.83. The summed E-state index contributed by atoms with van der Waals surface area (Å²) in [6, 6.07) is 17.8. The zero-order valence-electron chi connectivity index (χ0n) is 18.6. The Morgan fingerprint density at radius 3 is 2.42 bits per heavy atom. The van der Waals surface area contributed by atoms with Crippen molar-refractivity contribution in [3.8, 4) is 11.5 Å². The zero-order valence-corrected chi connectivity index (χ0v) is 19.4. The smallest absolute Gasteiger partial charge is 0.251 e. The van der Waals surface area contributed by atoms with Crippen LogP contribution in [0.25, 0.3) is 0 Å². The van der Waals surface area contributed by atoms with Crippen LogP contribution in [0.5, 0.6) is 11.5 Å². The summed E-state index contributed by atoms with van der Waals surface area (Å²) < 4.78 is 36.1. The van der Waals surface area contributed by atoms with Crippen LogP contribution < -0.4 is 14.8 Å². The summed E-state index contributed by atoms with van der Waals surface area (Å²) in [4.78, 5) is 16.5. The molecule has 0 unspecified atom stereocenters. The van der Waals surface area contributed by atoms with Crippen molar-refractivity contribution in [1.29, 1.82) is 0 Å². The molecular formula is C25H28N2O5S. The van der Waals surface area contributed by atoms with E-state index in [9.17, 15) is 13.2 Å². The third-order valence-corrected chi connectivity index (χ3v) is 6.48. The van der Waals surface area contributed by atoms with E-state index in [0.717, 1.165) is 11.1 Å². The molecule has 0 aliphatic heterocycles. The van der Waals surface area contributed by atoms with E-state index < -0.39 is 9.84 Å². The van der Waals surface area contributed by atoms with Gasteiger partial charge in [0.2, 0.25) is 0 Å². The lowest BCUT2D eigenvalue weighted by Crippen LogP contribution is -2.26. The average molecular weight is 469 g/mol. The summed E-state index contributed by atoms with van der Waals surface area (Å²) in [7, 11) is -3.24. The Morgan fingerprint density at radius 1 is 0.939 bits per heavy atom. The van der Waals surface area contributed by atoms with Gasteiger partial charge in [0.05, 0.1) is 18.1 Å². The first kappa shape index (κ1) is 24.3. The van der Waals surface area contributed by atoms with E-state index in [2.05, 4.69) is 10.3 Å². The summed E-state index contributed by atoms with van der Waals surface area (Å²) in [5.74, 6) is 0.730. The molecule has 0 fully saturated rings. The van der Waals surface area contributed by atoms with Crippen LogP contribution in [0, 0.1) is 0 Å². The van der Waals surface area contributed by atoms with Crippen molar-refractivity contribution in [2.45, 2.75) is 25.7 Å². The fourth-order valence-corrected chi connectivity index (χ4v) is 4.60. The van der Waals surface area contributed by atoms with Gasteiger partial charge in [-0.3, -0.25) is 9.78 Å². The molecule has 7 nitrogen and oxygen atoms in total. The number of hydrogen-bond acceptors (Lipinski definition) is 6. The third-order valence-electron chi connectivity index (χ3n) is 4.80. The van der Waals surface area contributed by atoms with Crippen molar-refractivity contribution in [3.63, 3.8) is 0 Å². The normalized spacial score (nSPS) is 11.1. The number of rotatable bonds is 12. The molecule has 2 aromatic carbocycles. The summed E-state index contributed by atoms with van der Waals surface area (Å²) in [6.45, 7) is 2.90. The maximum atomic E-state index is 12.5. The lowest BCUT2D eigenvalue weighted by atomic mass is 10.2. The van der Waals surface area contributed by atoms with Crippen LogP contribution in [0.2, 0.25) is 0 Å². The van der Waals surface area contributed by atoms with Crippen LogP contribution in [0.4, 0.5) is 0 Å².